The highest BCUT2D eigenvalue weighted by atomic mass is 16.6. The van der Waals surface area contributed by atoms with Crippen LogP contribution in [0.4, 0.5) is 5.69 Å². The monoisotopic (exact) mass is 491 g/mol. The van der Waals surface area contributed by atoms with Gasteiger partial charge in [0.2, 0.25) is 0 Å². The van der Waals surface area contributed by atoms with Gasteiger partial charge in [0.05, 0.1) is 11.0 Å². The summed E-state index contributed by atoms with van der Waals surface area (Å²) in [6.45, 7) is 5.46. The Morgan fingerprint density at radius 1 is 1.06 bits per heavy atom. The number of nitro groups is 1. The van der Waals surface area contributed by atoms with Crippen LogP contribution in [0.15, 0.2) is 54.6 Å². The van der Waals surface area contributed by atoms with Crippen LogP contribution in [0.3, 0.4) is 0 Å². The molecule has 0 saturated carbocycles. The Morgan fingerprint density at radius 3 is 2.53 bits per heavy atom. The molecule has 3 atom stereocenters. The van der Waals surface area contributed by atoms with Gasteiger partial charge in [-0.3, -0.25) is 15.5 Å². The van der Waals surface area contributed by atoms with Crippen molar-refractivity contribution in [2.45, 2.75) is 44.9 Å². The lowest BCUT2D eigenvalue weighted by Gasteiger charge is -2.26. The van der Waals surface area contributed by atoms with Crippen LogP contribution in [0.5, 0.6) is 23.0 Å². The summed E-state index contributed by atoms with van der Waals surface area (Å²) in [5.41, 5.74) is 10.4. The molecule has 0 amide bonds. The van der Waals surface area contributed by atoms with E-state index in [-0.39, 0.29) is 36.0 Å². The van der Waals surface area contributed by atoms with Gasteiger partial charge < -0.3 is 19.3 Å². The number of aryl methyl sites for hydroxylation is 1. The van der Waals surface area contributed by atoms with Crippen molar-refractivity contribution in [2.75, 3.05) is 13.2 Å². The Kier molecular flexibility index (Phi) is 6.67. The topological polar surface area (TPSA) is 115 Å². The second-order valence-corrected chi connectivity index (χ2v) is 9.07. The van der Waals surface area contributed by atoms with E-state index < -0.39 is 4.92 Å². The molecular weight excluding hydrogens is 462 g/mol. The summed E-state index contributed by atoms with van der Waals surface area (Å²) in [6, 6.07) is 15.9. The lowest BCUT2D eigenvalue weighted by atomic mass is 9.83. The van der Waals surface area contributed by atoms with Crippen molar-refractivity contribution in [1.29, 1.82) is 0 Å². The number of hydrogen-bond donors (Lipinski definition) is 3. The van der Waals surface area contributed by atoms with Crippen molar-refractivity contribution in [3.05, 3.63) is 87.0 Å². The third kappa shape index (κ3) is 4.67. The van der Waals surface area contributed by atoms with E-state index in [2.05, 4.69) is 23.8 Å². The first-order valence-electron chi connectivity index (χ1n) is 12.1. The predicted molar refractivity (Wildman–Crippen MR) is 134 cm³/mol. The Hall–Kier alpha value is -3.82. The molecule has 5 rings (SSSR count). The number of benzene rings is 3. The summed E-state index contributed by atoms with van der Waals surface area (Å²) in [4.78, 5) is 10.4. The molecule has 2 heterocycles. The normalized spacial score (nSPS) is 20.8. The van der Waals surface area contributed by atoms with Gasteiger partial charge in [-0.15, -0.1) is 0 Å². The van der Waals surface area contributed by atoms with Crippen molar-refractivity contribution >= 4 is 5.69 Å². The second kappa shape index (κ2) is 10.0. The van der Waals surface area contributed by atoms with Gasteiger partial charge in [-0.25, -0.2) is 5.43 Å². The zero-order valence-corrected chi connectivity index (χ0v) is 20.2. The van der Waals surface area contributed by atoms with Crippen LogP contribution < -0.4 is 25.1 Å². The number of ether oxygens (including phenoxy) is 3. The van der Waals surface area contributed by atoms with E-state index in [0.29, 0.717) is 25.4 Å². The molecule has 1 saturated heterocycles. The standard InChI is InChI=1S/C27H29N3O6/c1-3-18-12-21(22(31)14-24(18)36-15-17-4-7-20(8-5-17)30(32)33)27-26(16(2)28-29-27)19-6-9-23-25(13-19)35-11-10-34-23/h4-9,12-14,16,26-29,31H,3,10-11,15H2,1-2H3. The molecule has 0 aliphatic carbocycles. The maximum absolute atomic E-state index is 11.0. The number of nitrogens with zero attached hydrogens (tertiary/aromatic N) is 1. The number of hydrazine groups is 1. The number of aromatic hydroxyl groups is 1. The van der Waals surface area contributed by atoms with Crippen LogP contribution in [0.2, 0.25) is 0 Å². The maximum atomic E-state index is 11.0. The SMILES string of the molecule is CCc1cc(C2NNC(C)C2c2ccc3c(c2)OCCO3)c(O)cc1OCc1ccc([N+](=O)[O-])cc1. The highest BCUT2D eigenvalue weighted by Gasteiger charge is 2.37. The first kappa shape index (κ1) is 23.9. The molecular formula is C27H29N3O6. The fraction of sp³-hybridized carbons (Fsp3) is 0.333. The zero-order chi connectivity index (χ0) is 25.2. The molecule has 0 aromatic heterocycles. The van der Waals surface area contributed by atoms with Crippen LogP contribution in [0.1, 0.15) is 48.1 Å². The number of fused-ring (bicyclic) bond motifs is 1. The molecule has 3 aromatic rings. The largest absolute Gasteiger partial charge is 0.507 e. The van der Waals surface area contributed by atoms with Gasteiger partial charge in [0.25, 0.3) is 5.69 Å². The minimum atomic E-state index is -0.429. The van der Waals surface area contributed by atoms with E-state index in [1.165, 1.54) is 12.1 Å². The van der Waals surface area contributed by atoms with Gasteiger partial charge in [0.15, 0.2) is 11.5 Å². The smallest absolute Gasteiger partial charge is 0.269 e. The molecule has 2 aliphatic heterocycles. The number of rotatable bonds is 7. The number of non-ortho nitro benzene ring substituents is 1. The van der Waals surface area contributed by atoms with Crippen molar-refractivity contribution in [3.63, 3.8) is 0 Å². The average molecular weight is 492 g/mol. The summed E-state index contributed by atoms with van der Waals surface area (Å²) in [5, 5.41) is 21.9. The summed E-state index contributed by atoms with van der Waals surface area (Å²) < 4.78 is 17.5. The minimum Gasteiger partial charge on any atom is -0.507 e. The van der Waals surface area contributed by atoms with Crippen LogP contribution in [-0.2, 0) is 13.0 Å². The van der Waals surface area contributed by atoms with Gasteiger partial charge in [-0.2, -0.15) is 0 Å². The van der Waals surface area contributed by atoms with Gasteiger partial charge >= 0.3 is 0 Å². The van der Waals surface area contributed by atoms with Crippen molar-refractivity contribution in [2.24, 2.45) is 0 Å². The highest BCUT2D eigenvalue weighted by Crippen LogP contribution is 2.44. The van der Waals surface area contributed by atoms with Gasteiger partial charge in [0, 0.05) is 35.7 Å². The van der Waals surface area contributed by atoms with E-state index in [1.54, 1.807) is 18.2 Å². The number of nitro benzene ring substituents is 1. The zero-order valence-electron chi connectivity index (χ0n) is 20.2. The first-order chi connectivity index (χ1) is 17.4. The number of nitrogens with one attached hydrogen (secondary N) is 2. The molecule has 1 fully saturated rings. The molecule has 3 unspecified atom stereocenters. The Morgan fingerprint density at radius 2 is 1.81 bits per heavy atom. The molecule has 36 heavy (non-hydrogen) atoms. The Labute approximate surface area is 209 Å². The molecule has 188 valence electrons. The quantitative estimate of drug-likeness (QED) is 0.326. The van der Waals surface area contributed by atoms with Gasteiger partial charge in [-0.1, -0.05) is 13.0 Å². The molecule has 0 bridgehead atoms. The fourth-order valence-electron chi connectivity index (χ4n) is 4.88. The van der Waals surface area contributed by atoms with Crippen LogP contribution in [0.25, 0.3) is 0 Å². The van der Waals surface area contributed by atoms with Crippen LogP contribution in [0, 0.1) is 10.1 Å². The van der Waals surface area contributed by atoms with E-state index in [4.69, 9.17) is 14.2 Å². The molecule has 0 radical (unpaired) electrons. The van der Waals surface area contributed by atoms with Crippen LogP contribution >= 0.6 is 0 Å². The van der Waals surface area contributed by atoms with E-state index >= 15 is 0 Å². The first-order valence-corrected chi connectivity index (χ1v) is 12.1. The summed E-state index contributed by atoms with van der Waals surface area (Å²) in [5.74, 6) is 2.26. The average Bonchev–Trinajstić information content (AvgIpc) is 3.28. The molecule has 9 heteroatoms. The summed E-state index contributed by atoms with van der Waals surface area (Å²) in [6.07, 6.45) is 0.716. The van der Waals surface area contributed by atoms with Crippen molar-refractivity contribution in [3.8, 4) is 23.0 Å². The van der Waals surface area contributed by atoms with E-state index in [1.807, 2.05) is 25.1 Å². The van der Waals surface area contributed by atoms with Gasteiger partial charge in [-0.05, 0) is 60.4 Å². The maximum Gasteiger partial charge on any atom is 0.269 e. The predicted octanol–water partition coefficient (Wildman–Crippen LogP) is 4.53. The molecule has 0 spiro atoms. The molecule has 3 N–H and O–H groups in total. The third-order valence-corrected chi connectivity index (χ3v) is 6.78. The lowest BCUT2D eigenvalue weighted by molar-refractivity contribution is -0.384. The minimum absolute atomic E-state index is 0.0365. The third-order valence-electron chi connectivity index (χ3n) is 6.78. The number of phenols is 1. The van der Waals surface area contributed by atoms with Crippen molar-refractivity contribution < 1.29 is 24.2 Å². The summed E-state index contributed by atoms with van der Waals surface area (Å²) in [7, 11) is 0. The van der Waals surface area contributed by atoms with Crippen LogP contribution in [-0.4, -0.2) is 29.3 Å². The highest BCUT2D eigenvalue weighted by molar-refractivity contribution is 5.51. The number of hydrogen-bond acceptors (Lipinski definition) is 8. The molecule has 3 aromatic carbocycles. The summed E-state index contributed by atoms with van der Waals surface area (Å²) >= 11 is 0. The molecule has 9 nitrogen and oxygen atoms in total. The lowest BCUT2D eigenvalue weighted by Crippen LogP contribution is -2.29. The Balaban J connectivity index is 1.39. The molecule has 2 aliphatic rings. The number of phenolic OH excluding ortho intramolecular Hbond substituents is 1. The van der Waals surface area contributed by atoms with Crippen molar-refractivity contribution in [1.82, 2.24) is 10.9 Å². The fourth-order valence-corrected chi connectivity index (χ4v) is 4.88. The van der Waals surface area contributed by atoms with Gasteiger partial charge in [0.1, 0.15) is 31.3 Å². The van der Waals surface area contributed by atoms with E-state index in [0.717, 1.165) is 33.8 Å². The Bertz CT molecular complexity index is 1260. The second-order valence-electron chi connectivity index (χ2n) is 9.07. The van der Waals surface area contributed by atoms with E-state index in [9.17, 15) is 15.2 Å².